The van der Waals surface area contributed by atoms with E-state index in [0.29, 0.717) is 57.8 Å². The number of carbonyl (C=O) groups is 1. The van der Waals surface area contributed by atoms with Crippen molar-refractivity contribution >= 4 is 57.2 Å². The van der Waals surface area contributed by atoms with Crippen LogP contribution in [-0.2, 0) is 6.54 Å². The number of nitrogens with one attached hydrogen (secondary N) is 1. The molecule has 0 unspecified atom stereocenters. The van der Waals surface area contributed by atoms with Crippen LogP contribution in [0.4, 0.5) is 10.2 Å². The van der Waals surface area contributed by atoms with Crippen LogP contribution in [-0.4, -0.2) is 38.8 Å². The Morgan fingerprint density at radius 1 is 1.24 bits per heavy atom. The van der Waals surface area contributed by atoms with Gasteiger partial charge in [0.1, 0.15) is 17.9 Å². The normalized spacial score (nSPS) is 11.2. The zero-order chi connectivity index (χ0) is 23.7. The molecule has 7 nitrogen and oxygen atoms in total. The lowest BCUT2D eigenvalue weighted by Gasteiger charge is -2.11. The predicted molar refractivity (Wildman–Crippen MR) is 129 cm³/mol. The topological polar surface area (TPSA) is 89.3 Å². The van der Waals surface area contributed by atoms with E-state index in [1.165, 1.54) is 12.4 Å². The summed E-state index contributed by atoms with van der Waals surface area (Å²) < 4.78 is 21.9. The fourth-order valence-corrected chi connectivity index (χ4v) is 4.96. The maximum Gasteiger partial charge on any atom is 0.349 e. The minimum absolute atomic E-state index is 0.0247. The largest absolute Gasteiger partial charge is 0.492 e. The van der Waals surface area contributed by atoms with Gasteiger partial charge in [-0.3, -0.25) is 0 Å². The van der Waals surface area contributed by atoms with Crippen LogP contribution in [0.2, 0.25) is 10.0 Å². The average molecular weight is 509 g/mol. The van der Waals surface area contributed by atoms with Crippen molar-refractivity contribution in [3.8, 4) is 16.3 Å². The first-order chi connectivity index (χ1) is 15.8. The van der Waals surface area contributed by atoms with Crippen LogP contribution in [0.15, 0.2) is 30.6 Å². The molecule has 33 heavy (non-hydrogen) atoms. The quantitative estimate of drug-likeness (QED) is 0.278. The Hall–Kier alpha value is -2.88. The molecule has 2 N–H and O–H groups in total. The minimum atomic E-state index is -1.05. The molecule has 4 aromatic rings. The minimum Gasteiger partial charge on any atom is -0.492 e. The molecule has 4 rings (SSSR count). The maximum absolute atomic E-state index is 14.7. The summed E-state index contributed by atoms with van der Waals surface area (Å²) in [7, 11) is 0. The van der Waals surface area contributed by atoms with Crippen molar-refractivity contribution in [2.45, 2.75) is 20.4 Å². The highest BCUT2D eigenvalue weighted by atomic mass is 35.5. The van der Waals surface area contributed by atoms with Gasteiger partial charge in [-0.2, -0.15) is 0 Å². The Bertz CT molecular complexity index is 1360. The monoisotopic (exact) mass is 508 g/mol. The first-order valence-corrected chi connectivity index (χ1v) is 11.6. The van der Waals surface area contributed by atoms with Crippen molar-refractivity contribution in [3.05, 3.63) is 57.0 Å². The Balaban J connectivity index is 1.54. The number of carboxylic acids is 1. The van der Waals surface area contributed by atoms with E-state index < -0.39 is 11.8 Å². The van der Waals surface area contributed by atoms with Gasteiger partial charge in [0, 0.05) is 36.3 Å². The molecule has 0 bridgehead atoms. The molecule has 0 amide bonds. The van der Waals surface area contributed by atoms with Gasteiger partial charge in [-0.15, -0.1) is 11.3 Å². The molecule has 0 aliphatic carbocycles. The highest BCUT2D eigenvalue weighted by Crippen LogP contribution is 2.36. The van der Waals surface area contributed by atoms with E-state index in [4.69, 9.17) is 27.9 Å². The number of aromatic nitrogens is 3. The fourth-order valence-electron chi connectivity index (χ4n) is 3.55. The smallest absolute Gasteiger partial charge is 0.349 e. The number of aryl methyl sites for hydroxylation is 1. The second-order valence-corrected chi connectivity index (χ2v) is 8.98. The SMILES string of the molecule is CCOc1cc(-c2cc(NCCn3c(C)cc4c(Cl)cc(Cl)c(F)c43)ncn2)sc1C(=O)O. The van der Waals surface area contributed by atoms with Crippen LogP contribution < -0.4 is 10.1 Å². The summed E-state index contributed by atoms with van der Waals surface area (Å²) in [5.74, 6) is -0.698. The number of aromatic carboxylic acids is 1. The van der Waals surface area contributed by atoms with Crippen molar-refractivity contribution in [3.63, 3.8) is 0 Å². The first kappa shape index (κ1) is 23.3. The third kappa shape index (κ3) is 4.62. The Morgan fingerprint density at radius 2 is 2.03 bits per heavy atom. The molecule has 1 aromatic carbocycles. The Labute approximate surface area is 202 Å². The van der Waals surface area contributed by atoms with Crippen molar-refractivity contribution in [2.24, 2.45) is 0 Å². The van der Waals surface area contributed by atoms with E-state index in [2.05, 4.69) is 15.3 Å². The molecule has 0 radical (unpaired) electrons. The number of ether oxygens (including phenoxy) is 1. The number of hydrogen-bond acceptors (Lipinski definition) is 6. The van der Waals surface area contributed by atoms with Gasteiger partial charge in [0.05, 0.1) is 32.7 Å². The molecule has 0 aliphatic heterocycles. The number of hydrogen-bond donors (Lipinski definition) is 2. The van der Waals surface area contributed by atoms with Gasteiger partial charge >= 0.3 is 5.97 Å². The number of anilines is 1. The van der Waals surface area contributed by atoms with Crippen LogP contribution in [0, 0.1) is 12.7 Å². The summed E-state index contributed by atoms with van der Waals surface area (Å²) in [6.07, 6.45) is 1.40. The molecule has 0 aliphatic rings. The molecule has 3 aromatic heterocycles. The number of nitrogens with zero attached hydrogens (tertiary/aromatic N) is 3. The second kappa shape index (κ2) is 9.54. The number of benzene rings is 1. The van der Waals surface area contributed by atoms with Crippen LogP contribution in [0.1, 0.15) is 22.3 Å². The fraction of sp³-hybridized carbons (Fsp3) is 0.227. The van der Waals surface area contributed by atoms with Crippen molar-refractivity contribution in [1.82, 2.24) is 14.5 Å². The summed E-state index contributed by atoms with van der Waals surface area (Å²) in [4.78, 5) is 20.7. The summed E-state index contributed by atoms with van der Waals surface area (Å²) in [6, 6.07) is 6.62. The second-order valence-electron chi connectivity index (χ2n) is 7.11. The molecule has 0 spiro atoms. The molecular formula is C22H19Cl2FN4O3S. The van der Waals surface area contributed by atoms with E-state index in [0.717, 1.165) is 17.0 Å². The standard InChI is InChI=1S/C22H19Cl2FN4O3S/c1-3-32-16-9-17(33-21(16)22(30)31)15-8-18(28-10-27-15)26-4-5-29-11(2)6-12-13(23)7-14(24)19(25)20(12)29/h6-10H,3-5H2,1-2H3,(H,30,31)(H,26,27,28). The number of thiophene rings is 1. The zero-order valence-electron chi connectivity index (χ0n) is 17.7. The lowest BCUT2D eigenvalue weighted by Crippen LogP contribution is -2.13. The van der Waals surface area contributed by atoms with Gasteiger partial charge in [-0.05, 0) is 26.0 Å². The predicted octanol–water partition coefficient (Wildman–Crippen LogP) is 6.12. The van der Waals surface area contributed by atoms with Crippen LogP contribution in [0.5, 0.6) is 5.75 Å². The van der Waals surface area contributed by atoms with Crippen LogP contribution >= 0.6 is 34.5 Å². The van der Waals surface area contributed by atoms with Gasteiger partial charge < -0.3 is 19.7 Å². The van der Waals surface area contributed by atoms with Crippen LogP contribution in [0.3, 0.4) is 0 Å². The molecule has 172 valence electrons. The number of rotatable bonds is 8. The summed E-state index contributed by atoms with van der Waals surface area (Å²) >= 11 is 13.3. The summed E-state index contributed by atoms with van der Waals surface area (Å²) in [6.45, 7) is 4.91. The van der Waals surface area contributed by atoms with E-state index >= 15 is 0 Å². The molecule has 11 heteroatoms. The zero-order valence-corrected chi connectivity index (χ0v) is 20.0. The molecule has 3 heterocycles. The van der Waals surface area contributed by atoms with Crippen molar-refractivity contribution < 1.29 is 19.0 Å². The highest BCUT2D eigenvalue weighted by molar-refractivity contribution is 7.17. The van der Waals surface area contributed by atoms with Gasteiger partial charge in [0.15, 0.2) is 10.7 Å². The Morgan fingerprint density at radius 3 is 2.76 bits per heavy atom. The maximum atomic E-state index is 14.7. The molecule has 0 saturated carbocycles. The highest BCUT2D eigenvalue weighted by Gasteiger charge is 2.19. The summed E-state index contributed by atoms with van der Waals surface area (Å²) in [5, 5.41) is 13.6. The number of halogens is 3. The van der Waals surface area contributed by atoms with E-state index in [1.807, 2.05) is 17.6 Å². The van der Waals surface area contributed by atoms with Gasteiger partial charge in [0.25, 0.3) is 0 Å². The van der Waals surface area contributed by atoms with Gasteiger partial charge in [-0.25, -0.2) is 19.2 Å². The third-order valence-electron chi connectivity index (χ3n) is 4.99. The summed E-state index contributed by atoms with van der Waals surface area (Å²) in [5.41, 5.74) is 1.78. The molecule has 0 fully saturated rings. The molecule has 0 atom stereocenters. The number of carboxylic acid groups (broad SMARTS) is 1. The lowest BCUT2D eigenvalue weighted by molar-refractivity contribution is 0.0698. The van der Waals surface area contributed by atoms with E-state index in [9.17, 15) is 14.3 Å². The lowest BCUT2D eigenvalue weighted by atomic mass is 10.2. The number of fused-ring (bicyclic) bond motifs is 1. The molecule has 0 saturated heterocycles. The first-order valence-electron chi connectivity index (χ1n) is 9.99. The van der Waals surface area contributed by atoms with E-state index in [1.54, 1.807) is 19.1 Å². The molecular weight excluding hydrogens is 490 g/mol. The van der Waals surface area contributed by atoms with Crippen LogP contribution in [0.25, 0.3) is 21.5 Å². The van der Waals surface area contributed by atoms with Crippen molar-refractivity contribution in [1.29, 1.82) is 0 Å². The van der Waals surface area contributed by atoms with Crippen molar-refractivity contribution in [2.75, 3.05) is 18.5 Å². The average Bonchev–Trinajstić information content (AvgIpc) is 3.35. The Kier molecular flexibility index (Phi) is 6.73. The third-order valence-corrected chi connectivity index (χ3v) is 6.70. The van der Waals surface area contributed by atoms with Gasteiger partial charge in [-0.1, -0.05) is 23.2 Å². The van der Waals surface area contributed by atoms with Gasteiger partial charge in [0.2, 0.25) is 0 Å². The van der Waals surface area contributed by atoms with E-state index in [-0.39, 0.29) is 9.90 Å².